The molecule has 1 atom stereocenters. The van der Waals surface area contributed by atoms with Gasteiger partial charge in [0.2, 0.25) is 5.13 Å². The van der Waals surface area contributed by atoms with Crippen LogP contribution in [0.4, 0.5) is 5.13 Å². The quantitative estimate of drug-likeness (QED) is 0.618. The van der Waals surface area contributed by atoms with Crippen LogP contribution in [0.1, 0.15) is 64.3 Å². The zero-order chi connectivity index (χ0) is 13.9. The first-order chi connectivity index (χ1) is 9.26. The number of hydrogen-bond donors (Lipinski definition) is 1. The van der Waals surface area contributed by atoms with Gasteiger partial charge in [-0.15, -0.1) is 10.2 Å². The third-order valence-electron chi connectivity index (χ3n) is 2.95. The van der Waals surface area contributed by atoms with Gasteiger partial charge in [-0.2, -0.15) is 0 Å². The molecule has 0 saturated heterocycles. The van der Waals surface area contributed by atoms with E-state index in [-0.39, 0.29) is 0 Å². The normalized spacial score (nSPS) is 12.6. The minimum absolute atomic E-state index is 0.313. The molecule has 0 saturated carbocycles. The summed E-state index contributed by atoms with van der Waals surface area (Å²) in [4.78, 5) is 0. The van der Waals surface area contributed by atoms with Gasteiger partial charge in [-0.05, 0) is 19.8 Å². The molecule has 0 amide bonds. The van der Waals surface area contributed by atoms with Gasteiger partial charge in [0.1, 0.15) is 11.6 Å². The van der Waals surface area contributed by atoms with Gasteiger partial charge in [-0.25, -0.2) is 0 Å². The average Bonchev–Trinajstić information content (AvgIpc) is 2.87. The van der Waals surface area contributed by atoms with Crippen molar-refractivity contribution in [1.29, 1.82) is 0 Å². The molecule has 4 nitrogen and oxygen atoms in total. The third kappa shape index (κ3) is 7.47. The number of hydrogen-bond acceptors (Lipinski definition) is 5. The van der Waals surface area contributed by atoms with Crippen molar-refractivity contribution in [2.24, 2.45) is 0 Å². The lowest BCUT2D eigenvalue weighted by Gasteiger charge is -2.11. The van der Waals surface area contributed by atoms with Crippen molar-refractivity contribution in [3.8, 4) is 0 Å². The van der Waals surface area contributed by atoms with Crippen LogP contribution in [0.2, 0.25) is 0 Å². The maximum absolute atomic E-state index is 5.81. The SMILES string of the molecule is CCCCCCC(C)OCc1nnc(NCCC)s1. The number of nitrogens with one attached hydrogen (secondary N) is 1. The summed E-state index contributed by atoms with van der Waals surface area (Å²) >= 11 is 1.59. The summed E-state index contributed by atoms with van der Waals surface area (Å²) in [6.07, 6.45) is 7.74. The number of unbranched alkanes of at least 4 members (excludes halogenated alkanes) is 3. The van der Waals surface area contributed by atoms with E-state index in [9.17, 15) is 0 Å². The van der Waals surface area contributed by atoms with E-state index in [1.165, 1.54) is 25.7 Å². The van der Waals surface area contributed by atoms with E-state index in [0.717, 1.165) is 29.5 Å². The van der Waals surface area contributed by atoms with Crippen LogP contribution < -0.4 is 5.32 Å². The predicted molar refractivity (Wildman–Crippen MR) is 81.7 cm³/mol. The first-order valence-corrected chi connectivity index (χ1v) is 8.25. The van der Waals surface area contributed by atoms with Crippen molar-refractivity contribution in [1.82, 2.24) is 10.2 Å². The highest BCUT2D eigenvalue weighted by Gasteiger charge is 2.07. The van der Waals surface area contributed by atoms with Crippen LogP contribution in [0.5, 0.6) is 0 Å². The summed E-state index contributed by atoms with van der Waals surface area (Å²) in [5.74, 6) is 0. The Labute approximate surface area is 121 Å². The van der Waals surface area contributed by atoms with Crippen molar-refractivity contribution >= 4 is 16.5 Å². The zero-order valence-electron chi connectivity index (χ0n) is 12.4. The van der Waals surface area contributed by atoms with Gasteiger partial charge < -0.3 is 10.1 Å². The molecule has 1 aromatic rings. The number of aromatic nitrogens is 2. The van der Waals surface area contributed by atoms with Gasteiger partial charge in [0.15, 0.2) is 0 Å². The van der Waals surface area contributed by atoms with Crippen LogP contribution in [0.15, 0.2) is 0 Å². The van der Waals surface area contributed by atoms with Gasteiger partial charge >= 0.3 is 0 Å². The van der Waals surface area contributed by atoms with Gasteiger partial charge in [0, 0.05) is 6.54 Å². The molecule has 0 radical (unpaired) electrons. The molecule has 0 fully saturated rings. The summed E-state index contributed by atoms with van der Waals surface area (Å²) in [6.45, 7) is 8.05. The molecule has 0 aliphatic rings. The number of nitrogens with zero attached hydrogens (tertiary/aromatic N) is 2. The highest BCUT2D eigenvalue weighted by Crippen LogP contribution is 2.17. The Morgan fingerprint density at radius 3 is 2.74 bits per heavy atom. The van der Waals surface area contributed by atoms with Crippen molar-refractivity contribution in [2.75, 3.05) is 11.9 Å². The Bertz CT molecular complexity index is 330. The Morgan fingerprint density at radius 2 is 2.00 bits per heavy atom. The highest BCUT2D eigenvalue weighted by molar-refractivity contribution is 7.15. The van der Waals surface area contributed by atoms with Gasteiger partial charge in [-0.3, -0.25) is 0 Å². The van der Waals surface area contributed by atoms with Crippen molar-refractivity contribution in [3.05, 3.63) is 5.01 Å². The van der Waals surface area contributed by atoms with E-state index in [1.807, 2.05) is 0 Å². The molecule has 0 spiro atoms. The molecule has 1 unspecified atom stereocenters. The standard InChI is InChI=1S/C14H27N3OS/c1-4-6-7-8-9-12(3)18-11-13-16-17-14(19-13)15-10-5-2/h12H,4-11H2,1-3H3,(H,15,17). The Morgan fingerprint density at radius 1 is 1.16 bits per heavy atom. The maximum Gasteiger partial charge on any atom is 0.205 e. The molecule has 1 rings (SSSR count). The molecule has 1 N–H and O–H groups in total. The van der Waals surface area contributed by atoms with Crippen LogP contribution in [0.3, 0.4) is 0 Å². The van der Waals surface area contributed by atoms with Crippen LogP contribution in [-0.4, -0.2) is 22.8 Å². The molecular weight excluding hydrogens is 258 g/mol. The second-order valence-corrected chi connectivity index (χ2v) is 5.96. The fourth-order valence-corrected chi connectivity index (χ4v) is 2.46. The average molecular weight is 285 g/mol. The van der Waals surface area contributed by atoms with Crippen LogP contribution in [-0.2, 0) is 11.3 Å². The molecule has 5 heteroatoms. The van der Waals surface area contributed by atoms with Crippen LogP contribution >= 0.6 is 11.3 Å². The molecule has 0 aliphatic heterocycles. The molecule has 1 heterocycles. The Balaban J connectivity index is 2.15. The summed E-state index contributed by atoms with van der Waals surface area (Å²) in [5, 5.41) is 13.3. The van der Waals surface area contributed by atoms with E-state index in [4.69, 9.17) is 4.74 Å². The minimum Gasteiger partial charge on any atom is -0.371 e. The van der Waals surface area contributed by atoms with E-state index in [1.54, 1.807) is 11.3 Å². The van der Waals surface area contributed by atoms with Crippen LogP contribution in [0, 0.1) is 0 Å². The molecule has 0 aliphatic carbocycles. The monoisotopic (exact) mass is 285 g/mol. The summed E-state index contributed by atoms with van der Waals surface area (Å²) in [6, 6.07) is 0. The molecule has 0 bridgehead atoms. The fraction of sp³-hybridized carbons (Fsp3) is 0.857. The third-order valence-corrected chi connectivity index (χ3v) is 3.80. The largest absolute Gasteiger partial charge is 0.371 e. The first kappa shape index (κ1) is 16.4. The summed E-state index contributed by atoms with van der Waals surface area (Å²) < 4.78 is 5.81. The van der Waals surface area contributed by atoms with E-state index >= 15 is 0 Å². The number of ether oxygens (including phenoxy) is 1. The maximum atomic E-state index is 5.81. The lowest BCUT2D eigenvalue weighted by atomic mass is 10.1. The smallest absolute Gasteiger partial charge is 0.205 e. The topological polar surface area (TPSA) is 47.0 Å². The number of anilines is 1. The van der Waals surface area contributed by atoms with Gasteiger partial charge in [0.05, 0.1) is 6.10 Å². The minimum atomic E-state index is 0.313. The van der Waals surface area contributed by atoms with Crippen molar-refractivity contribution in [2.45, 2.75) is 72.0 Å². The van der Waals surface area contributed by atoms with E-state index < -0.39 is 0 Å². The van der Waals surface area contributed by atoms with E-state index in [2.05, 4.69) is 36.3 Å². The lowest BCUT2D eigenvalue weighted by molar-refractivity contribution is 0.0455. The molecule has 110 valence electrons. The lowest BCUT2D eigenvalue weighted by Crippen LogP contribution is -2.07. The fourth-order valence-electron chi connectivity index (χ4n) is 1.77. The van der Waals surface area contributed by atoms with Gasteiger partial charge in [-0.1, -0.05) is 50.9 Å². The predicted octanol–water partition coefficient (Wildman–Crippen LogP) is 4.24. The molecular formula is C14H27N3OS. The molecule has 0 aromatic carbocycles. The van der Waals surface area contributed by atoms with Crippen molar-refractivity contribution in [3.63, 3.8) is 0 Å². The second-order valence-electron chi connectivity index (χ2n) is 4.90. The van der Waals surface area contributed by atoms with E-state index in [0.29, 0.717) is 12.7 Å². The molecule has 19 heavy (non-hydrogen) atoms. The number of rotatable bonds is 11. The summed E-state index contributed by atoms with van der Waals surface area (Å²) in [7, 11) is 0. The van der Waals surface area contributed by atoms with Crippen molar-refractivity contribution < 1.29 is 4.74 Å². The zero-order valence-corrected chi connectivity index (χ0v) is 13.3. The highest BCUT2D eigenvalue weighted by atomic mass is 32.1. The Kier molecular flexibility index (Phi) is 8.75. The summed E-state index contributed by atoms with van der Waals surface area (Å²) in [5.41, 5.74) is 0. The second kappa shape index (κ2) is 10.1. The van der Waals surface area contributed by atoms with Gasteiger partial charge in [0.25, 0.3) is 0 Å². The Hall–Kier alpha value is -0.680. The van der Waals surface area contributed by atoms with Crippen LogP contribution in [0.25, 0.3) is 0 Å². The molecule has 1 aromatic heterocycles. The first-order valence-electron chi connectivity index (χ1n) is 7.44.